The van der Waals surface area contributed by atoms with Crippen LogP contribution in [0.2, 0.25) is 0 Å². The van der Waals surface area contributed by atoms with E-state index in [0.29, 0.717) is 17.3 Å². The number of rotatable bonds is 6. The minimum Gasteiger partial charge on any atom is -0.481 e. The zero-order chi connectivity index (χ0) is 15.1. The number of likely N-dealkylation sites (tertiary alicyclic amines) is 1. The van der Waals surface area contributed by atoms with Crippen LogP contribution in [0.15, 0.2) is 4.52 Å². The molecule has 8 heteroatoms. The van der Waals surface area contributed by atoms with Gasteiger partial charge in [0.2, 0.25) is 0 Å². The molecule has 0 unspecified atom stereocenters. The number of hydrogen-bond donors (Lipinski definition) is 1. The van der Waals surface area contributed by atoms with Gasteiger partial charge in [0.1, 0.15) is 0 Å². The van der Waals surface area contributed by atoms with Crippen LogP contribution in [0.4, 0.5) is 0 Å². The summed E-state index contributed by atoms with van der Waals surface area (Å²) in [6.07, 6.45) is 4.43. The van der Waals surface area contributed by atoms with E-state index in [1.165, 1.54) is 11.8 Å². The zero-order valence-corrected chi connectivity index (χ0v) is 12.6. The molecule has 1 saturated heterocycles. The summed E-state index contributed by atoms with van der Waals surface area (Å²) in [6.45, 7) is 1.48. The maximum Gasteiger partial charge on any atom is 0.316 e. The molecule has 0 spiro atoms. The Morgan fingerprint density at radius 3 is 2.62 bits per heavy atom. The van der Waals surface area contributed by atoms with Gasteiger partial charge in [-0.1, -0.05) is 18.0 Å². The number of nitrogens with zero attached hydrogens (tertiary/aromatic N) is 3. The summed E-state index contributed by atoms with van der Waals surface area (Å²) >= 11 is 1.41. The van der Waals surface area contributed by atoms with Gasteiger partial charge in [-0.15, -0.1) is 0 Å². The quantitative estimate of drug-likeness (QED) is 0.800. The van der Waals surface area contributed by atoms with Gasteiger partial charge in [-0.25, -0.2) is 0 Å². The lowest BCUT2D eigenvalue weighted by Gasteiger charge is -2.17. The topological polar surface area (TPSA) is 96.5 Å². The van der Waals surface area contributed by atoms with E-state index in [-0.39, 0.29) is 18.2 Å². The maximum absolute atomic E-state index is 12.2. The molecule has 1 aliphatic rings. The van der Waals surface area contributed by atoms with E-state index in [0.717, 1.165) is 38.8 Å². The molecular weight excluding hydrogens is 294 g/mol. The van der Waals surface area contributed by atoms with Crippen molar-refractivity contribution in [1.29, 1.82) is 0 Å². The molecule has 0 bridgehead atoms. The largest absolute Gasteiger partial charge is 0.481 e. The molecule has 0 radical (unpaired) electrons. The molecule has 7 nitrogen and oxygen atoms in total. The van der Waals surface area contributed by atoms with Crippen LogP contribution in [-0.4, -0.2) is 50.9 Å². The van der Waals surface area contributed by atoms with Crippen LogP contribution in [0.5, 0.6) is 0 Å². The number of carboxylic acid groups (broad SMARTS) is 1. The summed E-state index contributed by atoms with van der Waals surface area (Å²) < 4.78 is 5.02. The molecule has 2 heterocycles. The van der Waals surface area contributed by atoms with Gasteiger partial charge in [0.05, 0.1) is 12.2 Å². The fraction of sp³-hybridized carbons (Fsp3) is 0.692. The van der Waals surface area contributed by atoms with Crippen molar-refractivity contribution in [1.82, 2.24) is 15.0 Å². The normalized spacial score (nSPS) is 15.7. The number of carbonyl (C=O) groups is 2. The second kappa shape index (κ2) is 8.02. The Bertz CT molecular complexity index is 484. The number of aromatic nitrogens is 2. The van der Waals surface area contributed by atoms with E-state index in [1.54, 1.807) is 4.90 Å². The average molecular weight is 313 g/mol. The van der Waals surface area contributed by atoms with Crippen LogP contribution in [0.25, 0.3) is 0 Å². The van der Waals surface area contributed by atoms with Gasteiger partial charge in [-0.05, 0) is 12.8 Å². The van der Waals surface area contributed by atoms with E-state index < -0.39 is 5.97 Å². The number of carboxylic acids is 1. The SMILES string of the molecule is O=C(O)CCSCc1noc(C(=O)N2CCCCCC2)n1. The van der Waals surface area contributed by atoms with E-state index in [2.05, 4.69) is 10.1 Å². The molecule has 1 amide bonds. The minimum atomic E-state index is -0.826. The Morgan fingerprint density at radius 1 is 1.24 bits per heavy atom. The fourth-order valence-corrected chi connectivity index (χ4v) is 2.89. The molecule has 1 N–H and O–H groups in total. The first-order chi connectivity index (χ1) is 10.2. The Balaban J connectivity index is 1.83. The van der Waals surface area contributed by atoms with E-state index in [9.17, 15) is 9.59 Å². The lowest BCUT2D eigenvalue weighted by Crippen LogP contribution is -2.32. The number of carbonyl (C=O) groups excluding carboxylic acids is 1. The van der Waals surface area contributed by atoms with E-state index in [4.69, 9.17) is 9.63 Å². The van der Waals surface area contributed by atoms with Gasteiger partial charge in [0, 0.05) is 18.8 Å². The third-order valence-electron chi connectivity index (χ3n) is 3.24. The lowest BCUT2D eigenvalue weighted by molar-refractivity contribution is -0.136. The summed E-state index contributed by atoms with van der Waals surface area (Å²) in [5.41, 5.74) is 0. The highest BCUT2D eigenvalue weighted by Crippen LogP contribution is 2.14. The molecular formula is C13H19N3O4S. The van der Waals surface area contributed by atoms with Crippen molar-refractivity contribution in [3.8, 4) is 0 Å². The predicted molar refractivity (Wildman–Crippen MR) is 77.1 cm³/mol. The molecule has 21 heavy (non-hydrogen) atoms. The van der Waals surface area contributed by atoms with E-state index >= 15 is 0 Å². The molecule has 116 valence electrons. The molecule has 1 fully saturated rings. The molecule has 2 rings (SSSR count). The van der Waals surface area contributed by atoms with Crippen LogP contribution in [0, 0.1) is 0 Å². The Hall–Kier alpha value is -1.57. The van der Waals surface area contributed by atoms with Gasteiger partial charge in [-0.3, -0.25) is 9.59 Å². The van der Waals surface area contributed by atoms with Crippen molar-refractivity contribution in [3.63, 3.8) is 0 Å². The van der Waals surface area contributed by atoms with Crippen LogP contribution < -0.4 is 0 Å². The van der Waals surface area contributed by atoms with Crippen LogP contribution in [-0.2, 0) is 10.5 Å². The number of amides is 1. The third-order valence-corrected chi connectivity index (χ3v) is 4.19. The van der Waals surface area contributed by atoms with Crippen molar-refractivity contribution < 1.29 is 19.2 Å². The van der Waals surface area contributed by atoms with Gasteiger partial charge in [0.25, 0.3) is 0 Å². The van der Waals surface area contributed by atoms with Crippen LogP contribution in [0.3, 0.4) is 0 Å². The minimum absolute atomic E-state index is 0.0331. The molecule has 0 saturated carbocycles. The molecule has 1 aromatic rings. The summed E-state index contributed by atoms with van der Waals surface area (Å²) in [7, 11) is 0. The molecule has 0 aliphatic carbocycles. The first-order valence-electron chi connectivity index (χ1n) is 7.08. The van der Waals surface area contributed by atoms with Gasteiger partial charge >= 0.3 is 17.8 Å². The highest BCUT2D eigenvalue weighted by molar-refractivity contribution is 7.98. The van der Waals surface area contributed by atoms with Gasteiger partial charge in [0.15, 0.2) is 5.82 Å². The van der Waals surface area contributed by atoms with Crippen molar-refractivity contribution >= 4 is 23.6 Å². The Morgan fingerprint density at radius 2 is 1.95 bits per heavy atom. The van der Waals surface area contributed by atoms with Crippen LogP contribution >= 0.6 is 11.8 Å². The van der Waals surface area contributed by atoms with Crippen molar-refractivity contribution in [3.05, 3.63) is 11.7 Å². The second-order valence-corrected chi connectivity index (χ2v) is 6.02. The first-order valence-corrected chi connectivity index (χ1v) is 8.23. The number of thioether (sulfide) groups is 1. The second-order valence-electron chi connectivity index (χ2n) is 4.92. The first kappa shape index (κ1) is 15.8. The van der Waals surface area contributed by atoms with Crippen molar-refractivity contribution in [2.45, 2.75) is 37.9 Å². The van der Waals surface area contributed by atoms with Gasteiger partial charge < -0.3 is 14.5 Å². The van der Waals surface area contributed by atoms with Gasteiger partial charge in [-0.2, -0.15) is 16.7 Å². The maximum atomic E-state index is 12.2. The molecule has 0 atom stereocenters. The number of aliphatic carboxylic acids is 1. The lowest BCUT2D eigenvalue weighted by atomic mass is 10.2. The van der Waals surface area contributed by atoms with Crippen molar-refractivity contribution in [2.75, 3.05) is 18.8 Å². The summed E-state index contributed by atoms with van der Waals surface area (Å²) in [6, 6.07) is 0. The highest BCUT2D eigenvalue weighted by atomic mass is 32.2. The zero-order valence-electron chi connectivity index (χ0n) is 11.8. The standard InChI is InChI=1S/C13H19N3O4S/c17-11(18)5-8-21-9-10-14-12(20-15-10)13(19)16-6-3-1-2-4-7-16/h1-9H2,(H,17,18). The molecule has 1 aromatic heterocycles. The number of hydrogen-bond acceptors (Lipinski definition) is 6. The summed E-state index contributed by atoms with van der Waals surface area (Å²) in [5, 5.41) is 12.3. The third kappa shape index (κ3) is 5.04. The average Bonchev–Trinajstić information content (AvgIpc) is 2.76. The summed E-state index contributed by atoms with van der Waals surface area (Å²) in [5.74, 6) is 0.372. The highest BCUT2D eigenvalue weighted by Gasteiger charge is 2.22. The predicted octanol–water partition coefficient (Wildman–Crippen LogP) is 1.79. The van der Waals surface area contributed by atoms with Crippen molar-refractivity contribution in [2.24, 2.45) is 0 Å². The Kier molecular flexibility index (Phi) is 6.04. The fourth-order valence-electron chi connectivity index (χ4n) is 2.13. The molecule has 1 aliphatic heterocycles. The van der Waals surface area contributed by atoms with Crippen LogP contribution in [0.1, 0.15) is 48.6 Å². The monoisotopic (exact) mass is 313 g/mol. The summed E-state index contributed by atoms with van der Waals surface area (Å²) in [4.78, 5) is 28.5. The smallest absolute Gasteiger partial charge is 0.316 e. The van der Waals surface area contributed by atoms with E-state index in [1.807, 2.05) is 0 Å². The Labute approximate surface area is 127 Å². The molecule has 0 aromatic carbocycles.